The fourth-order valence-corrected chi connectivity index (χ4v) is 12.5. The van der Waals surface area contributed by atoms with Gasteiger partial charge in [0.05, 0.1) is 3.57 Å². The van der Waals surface area contributed by atoms with Crippen molar-refractivity contribution in [1.82, 2.24) is 0 Å². The van der Waals surface area contributed by atoms with Crippen LogP contribution in [-0.4, -0.2) is 24.9 Å². The van der Waals surface area contributed by atoms with E-state index < -0.39 is 19.8 Å². The summed E-state index contributed by atoms with van der Waals surface area (Å²) in [6, 6.07) is 4.93. The molecule has 0 unspecified atom stereocenters. The molecule has 0 spiro atoms. The molecule has 0 bridgehead atoms. The van der Waals surface area contributed by atoms with Gasteiger partial charge in [0, 0.05) is 5.02 Å². The molecule has 4 heteroatoms. The van der Waals surface area contributed by atoms with Crippen LogP contribution in [0.4, 0.5) is 0 Å². The Labute approximate surface area is 163 Å². The summed E-state index contributed by atoms with van der Waals surface area (Å²) in [4.78, 5) is 0. The largest absolute Gasteiger partial charge is 0.507 e. The van der Waals surface area contributed by atoms with Crippen molar-refractivity contribution < 1.29 is 5.11 Å². The van der Waals surface area contributed by atoms with Gasteiger partial charge in [0.25, 0.3) is 0 Å². The maximum atomic E-state index is 8.98. The maximum absolute atomic E-state index is 8.98. The maximum Gasteiger partial charge on any atom is 0.129 e. The van der Waals surface area contributed by atoms with Gasteiger partial charge in [-0.1, -0.05) is 11.6 Å². The molecule has 1 radical (unpaired) electrons. The quantitative estimate of drug-likeness (QED) is 0.252. The second-order valence-corrected chi connectivity index (χ2v) is 15.8. The van der Waals surface area contributed by atoms with Gasteiger partial charge in [-0.25, -0.2) is 0 Å². The van der Waals surface area contributed by atoms with Crippen LogP contribution in [0.15, 0.2) is 18.2 Å². The first-order chi connectivity index (χ1) is 10.5. The molecule has 0 heterocycles. The summed E-state index contributed by atoms with van der Waals surface area (Å²) in [5.74, 6) is 0.278. The molecule has 0 atom stereocenters. The van der Waals surface area contributed by atoms with Crippen LogP contribution in [0.2, 0.25) is 18.3 Å². The molecule has 0 saturated heterocycles. The Hall–Kier alpha value is 0.839. The van der Waals surface area contributed by atoms with Gasteiger partial charge >= 0.3 is 92.4 Å². The minimum Gasteiger partial charge on any atom is -0.507 e. The first-order valence-electron chi connectivity index (χ1n) is 8.52. The third-order valence-electron chi connectivity index (χ3n) is 3.56. The van der Waals surface area contributed by atoms with Crippen LogP contribution in [0.3, 0.4) is 0 Å². The summed E-state index contributed by atoms with van der Waals surface area (Å²) in [6.45, 7) is 7.00. The molecule has 0 aliphatic rings. The molecule has 0 aliphatic carbocycles. The van der Waals surface area contributed by atoms with Crippen molar-refractivity contribution in [3.63, 3.8) is 0 Å². The van der Waals surface area contributed by atoms with E-state index >= 15 is 0 Å². The zero-order chi connectivity index (χ0) is 16.8. The molecule has 0 aromatic heterocycles. The van der Waals surface area contributed by atoms with Crippen molar-refractivity contribution in [2.75, 3.05) is 0 Å². The van der Waals surface area contributed by atoms with E-state index in [1.807, 2.05) is 22.6 Å². The molecule has 1 N–H and O–H groups in total. The number of aromatic hydroxyl groups is 1. The van der Waals surface area contributed by atoms with Gasteiger partial charge in [-0.2, -0.15) is 0 Å². The van der Waals surface area contributed by atoms with Gasteiger partial charge < -0.3 is 5.11 Å². The Morgan fingerprint density at radius 2 is 1.41 bits per heavy atom. The average molecular weight is 545 g/mol. The Bertz CT molecular complexity index is 368. The first kappa shape index (κ1) is 22.8. The summed E-state index contributed by atoms with van der Waals surface area (Å²) in [6.07, 6.45) is 8.85. The van der Waals surface area contributed by atoms with Crippen molar-refractivity contribution in [2.45, 2.75) is 72.6 Å². The fraction of sp³-hybridized carbons (Fsp3) is 0.667. The number of rotatable bonds is 9. The Morgan fingerprint density at radius 1 is 0.955 bits per heavy atom. The minimum atomic E-state index is -0.839. The van der Waals surface area contributed by atoms with E-state index in [1.54, 1.807) is 31.5 Å². The van der Waals surface area contributed by atoms with Crippen molar-refractivity contribution in [3.05, 3.63) is 26.8 Å². The number of phenols is 1. The molecule has 127 valence electrons. The van der Waals surface area contributed by atoms with E-state index in [-0.39, 0.29) is 5.75 Å². The predicted octanol–water partition coefficient (Wildman–Crippen LogP) is 7.53. The predicted molar refractivity (Wildman–Crippen MR) is 111 cm³/mol. The number of unbranched alkanes of at least 4 members (excludes halogenated alkanes) is 3. The van der Waals surface area contributed by atoms with Gasteiger partial charge in [0.15, 0.2) is 0 Å². The first-order valence-corrected chi connectivity index (χ1v) is 16.0. The van der Waals surface area contributed by atoms with E-state index in [9.17, 15) is 0 Å². The van der Waals surface area contributed by atoms with Gasteiger partial charge in [-0.05, 0) is 40.8 Å². The molecular weight excluding hydrogens is 513 g/mol. The van der Waals surface area contributed by atoms with Gasteiger partial charge in [-0.3, -0.25) is 0 Å². The van der Waals surface area contributed by atoms with Crippen molar-refractivity contribution in [1.29, 1.82) is 0 Å². The summed E-state index contributed by atoms with van der Waals surface area (Å²) < 4.78 is 5.82. The van der Waals surface area contributed by atoms with E-state index in [0.717, 1.165) is 3.57 Å². The van der Waals surface area contributed by atoms with Crippen molar-refractivity contribution in [3.8, 4) is 5.75 Å². The second-order valence-electron chi connectivity index (χ2n) is 5.66. The summed E-state index contributed by atoms with van der Waals surface area (Å²) >= 11 is 6.78. The Balaban J connectivity index is 0.000000425. The normalized spacial score (nSPS) is 10.5. The molecule has 0 amide bonds. The number of phenolic OH excluding ortho intramolecular Hbond substituents is 1. The van der Waals surface area contributed by atoms with Crippen LogP contribution in [0.1, 0.15) is 59.3 Å². The van der Waals surface area contributed by atoms with E-state index in [0.29, 0.717) is 5.02 Å². The zero-order valence-corrected chi connectivity index (χ0v) is 20.1. The Kier molecular flexibility index (Phi) is 16.0. The van der Waals surface area contributed by atoms with Crippen molar-refractivity contribution >= 4 is 54.0 Å². The summed E-state index contributed by atoms with van der Waals surface area (Å²) in [7, 11) is 0. The van der Waals surface area contributed by atoms with Gasteiger partial charge in [0.1, 0.15) is 5.75 Å². The monoisotopic (exact) mass is 545 g/mol. The average Bonchev–Trinajstić information content (AvgIpc) is 2.51. The smallest absolute Gasteiger partial charge is 0.129 e. The molecule has 0 fully saturated rings. The molecule has 1 aromatic rings. The van der Waals surface area contributed by atoms with Crippen LogP contribution in [0.25, 0.3) is 0 Å². The second kappa shape index (κ2) is 15.4. The number of hydrogen-bond donors (Lipinski definition) is 1. The topological polar surface area (TPSA) is 20.2 Å². The van der Waals surface area contributed by atoms with Crippen LogP contribution >= 0.6 is 34.2 Å². The van der Waals surface area contributed by atoms with E-state index in [4.69, 9.17) is 16.7 Å². The van der Waals surface area contributed by atoms with Crippen LogP contribution in [-0.2, 0) is 0 Å². The van der Waals surface area contributed by atoms with Gasteiger partial charge in [0.2, 0.25) is 0 Å². The van der Waals surface area contributed by atoms with E-state index in [1.165, 1.54) is 38.5 Å². The SMILES string of the molecule is CCC[CH2][Sn]([CH2]CCC)[CH2]CCC.Oc1ccc(Cl)cc1I. The molecular formula is C18H31ClIOSn. The summed E-state index contributed by atoms with van der Waals surface area (Å²) in [5.41, 5.74) is 0. The standard InChI is InChI=1S/C6H4ClIO.3C4H9.Sn/c7-4-1-2-6(9)5(8)3-4;3*1-3-4-2;/h1-3,9H;3*1,3-4H2,2H3;. The van der Waals surface area contributed by atoms with Crippen LogP contribution in [0.5, 0.6) is 5.75 Å². The number of benzene rings is 1. The molecule has 0 saturated carbocycles. The minimum absolute atomic E-state index is 0.278. The molecule has 1 nitrogen and oxygen atoms in total. The summed E-state index contributed by atoms with van der Waals surface area (Å²) in [5, 5.41) is 9.63. The third kappa shape index (κ3) is 12.3. The Morgan fingerprint density at radius 3 is 1.73 bits per heavy atom. The molecule has 22 heavy (non-hydrogen) atoms. The fourth-order valence-electron chi connectivity index (χ4n) is 2.14. The zero-order valence-electron chi connectivity index (χ0n) is 14.3. The van der Waals surface area contributed by atoms with Crippen LogP contribution < -0.4 is 0 Å². The number of hydrogen-bond acceptors (Lipinski definition) is 1. The van der Waals surface area contributed by atoms with Crippen molar-refractivity contribution in [2.24, 2.45) is 0 Å². The number of halogens is 2. The third-order valence-corrected chi connectivity index (χ3v) is 13.7. The molecule has 1 rings (SSSR count). The van der Waals surface area contributed by atoms with E-state index in [2.05, 4.69) is 20.8 Å². The molecule has 1 aromatic carbocycles. The molecule has 0 aliphatic heterocycles. The van der Waals surface area contributed by atoms with Crippen LogP contribution in [0, 0.1) is 3.57 Å². The van der Waals surface area contributed by atoms with Gasteiger partial charge in [-0.15, -0.1) is 0 Å².